The molecule has 1 aromatic heterocycles. The Kier molecular flexibility index (Phi) is 4.90. The summed E-state index contributed by atoms with van der Waals surface area (Å²) in [7, 11) is 1.55. The van der Waals surface area contributed by atoms with Crippen molar-refractivity contribution >= 4 is 5.91 Å². The normalized spacial score (nSPS) is 20.4. The first-order chi connectivity index (χ1) is 12.0. The summed E-state index contributed by atoms with van der Waals surface area (Å²) in [5.74, 6) is 0.489. The van der Waals surface area contributed by atoms with Gasteiger partial charge in [0.2, 0.25) is 5.88 Å². The molecule has 1 aromatic carbocycles. The van der Waals surface area contributed by atoms with Crippen LogP contribution in [0.15, 0.2) is 36.5 Å². The Morgan fingerprint density at radius 1 is 1.32 bits per heavy atom. The average molecular weight is 342 g/mol. The first kappa shape index (κ1) is 17.2. The maximum Gasteiger partial charge on any atom is 0.252 e. The van der Waals surface area contributed by atoms with E-state index in [1.54, 1.807) is 44.5 Å². The molecule has 3 N–H and O–H groups in total. The molecule has 1 aliphatic carbocycles. The van der Waals surface area contributed by atoms with E-state index in [9.17, 15) is 15.0 Å². The zero-order valence-corrected chi connectivity index (χ0v) is 14.3. The highest BCUT2D eigenvalue weighted by Crippen LogP contribution is 2.38. The van der Waals surface area contributed by atoms with Crippen LogP contribution in [0.4, 0.5) is 0 Å². The van der Waals surface area contributed by atoms with Gasteiger partial charge in [-0.15, -0.1) is 0 Å². The van der Waals surface area contributed by atoms with Crippen LogP contribution in [-0.2, 0) is 0 Å². The zero-order chi connectivity index (χ0) is 18.0. The van der Waals surface area contributed by atoms with Gasteiger partial charge in [0.1, 0.15) is 5.75 Å². The number of nitrogens with one attached hydrogen (secondary N) is 1. The molecule has 3 rings (SSSR count). The number of carbonyl (C=O) groups is 1. The summed E-state index contributed by atoms with van der Waals surface area (Å²) in [6.07, 6.45) is 2.63. The molecule has 6 heteroatoms. The van der Waals surface area contributed by atoms with Crippen molar-refractivity contribution in [2.24, 2.45) is 5.92 Å². The molecule has 132 valence electrons. The van der Waals surface area contributed by atoms with Crippen LogP contribution in [0.1, 0.15) is 40.4 Å². The number of ether oxygens (including phenoxy) is 1. The molecule has 6 nitrogen and oxygen atoms in total. The van der Waals surface area contributed by atoms with Gasteiger partial charge in [0.15, 0.2) is 0 Å². The van der Waals surface area contributed by atoms with Crippen LogP contribution in [0.5, 0.6) is 11.6 Å². The van der Waals surface area contributed by atoms with E-state index in [1.807, 2.05) is 6.07 Å². The largest absolute Gasteiger partial charge is 0.508 e. The van der Waals surface area contributed by atoms with Crippen molar-refractivity contribution < 1.29 is 19.7 Å². The summed E-state index contributed by atoms with van der Waals surface area (Å²) in [5.41, 5.74) is 1.84. The highest BCUT2D eigenvalue weighted by Gasteiger charge is 2.36. The third kappa shape index (κ3) is 3.58. The highest BCUT2D eigenvalue weighted by molar-refractivity contribution is 5.96. The van der Waals surface area contributed by atoms with Crippen LogP contribution >= 0.6 is 0 Å². The predicted molar refractivity (Wildman–Crippen MR) is 92.6 cm³/mol. The number of aliphatic hydroxyl groups is 1. The smallest absolute Gasteiger partial charge is 0.252 e. The number of amides is 1. The molecule has 1 amide bonds. The molecule has 0 saturated heterocycles. The monoisotopic (exact) mass is 342 g/mol. The van der Waals surface area contributed by atoms with Crippen molar-refractivity contribution in [2.45, 2.75) is 31.9 Å². The van der Waals surface area contributed by atoms with Crippen molar-refractivity contribution in [3.05, 3.63) is 53.2 Å². The summed E-state index contributed by atoms with van der Waals surface area (Å²) < 4.78 is 5.08. The van der Waals surface area contributed by atoms with E-state index in [0.717, 1.165) is 5.56 Å². The second kappa shape index (κ2) is 7.11. The number of hydrogen-bond donors (Lipinski definition) is 3. The van der Waals surface area contributed by atoms with E-state index in [2.05, 4.69) is 10.3 Å². The Bertz CT molecular complexity index is 755. The van der Waals surface area contributed by atoms with E-state index in [1.165, 1.54) is 0 Å². The molecule has 1 aliphatic rings. The van der Waals surface area contributed by atoms with Crippen molar-refractivity contribution in [3.63, 3.8) is 0 Å². The molecule has 0 spiro atoms. The third-order valence-electron chi connectivity index (χ3n) is 4.78. The number of aromatic hydroxyl groups is 1. The van der Waals surface area contributed by atoms with Crippen molar-refractivity contribution in [2.75, 3.05) is 7.11 Å². The van der Waals surface area contributed by atoms with Gasteiger partial charge in [-0.1, -0.05) is 12.1 Å². The molecule has 1 fully saturated rings. The summed E-state index contributed by atoms with van der Waals surface area (Å²) in [5, 5.41) is 22.5. The topological polar surface area (TPSA) is 91.7 Å². The Labute approximate surface area is 146 Å². The third-order valence-corrected chi connectivity index (χ3v) is 4.78. The fraction of sp³-hybridized carbons (Fsp3) is 0.368. The summed E-state index contributed by atoms with van der Waals surface area (Å²) in [6.45, 7) is 1.71. The summed E-state index contributed by atoms with van der Waals surface area (Å²) in [6, 6.07) is 8.26. The lowest BCUT2D eigenvalue weighted by Crippen LogP contribution is -2.41. The lowest BCUT2D eigenvalue weighted by molar-refractivity contribution is 0.0234. The average Bonchev–Trinajstić information content (AvgIpc) is 2.59. The Balaban J connectivity index is 1.84. The van der Waals surface area contributed by atoms with Gasteiger partial charge in [-0.3, -0.25) is 4.79 Å². The minimum absolute atomic E-state index is 0.0920. The Morgan fingerprint density at radius 3 is 2.68 bits per heavy atom. The van der Waals surface area contributed by atoms with E-state index in [-0.39, 0.29) is 29.7 Å². The zero-order valence-electron chi connectivity index (χ0n) is 14.3. The second-order valence-corrected chi connectivity index (χ2v) is 6.42. The number of methoxy groups -OCH3 is 1. The van der Waals surface area contributed by atoms with Crippen LogP contribution in [0.3, 0.4) is 0 Å². The van der Waals surface area contributed by atoms with E-state index < -0.39 is 0 Å². The molecule has 25 heavy (non-hydrogen) atoms. The number of benzene rings is 1. The van der Waals surface area contributed by atoms with Crippen LogP contribution in [-0.4, -0.2) is 34.3 Å². The van der Waals surface area contributed by atoms with E-state index >= 15 is 0 Å². The molecular weight excluding hydrogens is 320 g/mol. The maximum absolute atomic E-state index is 12.7. The minimum atomic E-state index is -0.321. The predicted octanol–water partition coefficient (Wildman–Crippen LogP) is 2.35. The van der Waals surface area contributed by atoms with E-state index in [0.29, 0.717) is 29.8 Å². The van der Waals surface area contributed by atoms with Crippen LogP contribution in [0.2, 0.25) is 0 Å². The second-order valence-electron chi connectivity index (χ2n) is 6.42. The first-order valence-electron chi connectivity index (χ1n) is 8.27. The minimum Gasteiger partial charge on any atom is -0.508 e. The quantitative estimate of drug-likeness (QED) is 0.776. The lowest BCUT2D eigenvalue weighted by atomic mass is 9.75. The van der Waals surface area contributed by atoms with Gasteiger partial charge in [-0.2, -0.15) is 0 Å². The molecule has 2 aromatic rings. The number of pyridine rings is 1. The van der Waals surface area contributed by atoms with Crippen LogP contribution in [0, 0.1) is 12.8 Å². The maximum atomic E-state index is 12.7. The van der Waals surface area contributed by atoms with E-state index in [4.69, 9.17) is 4.74 Å². The molecule has 0 radical (unpaired) electrons. The Hall–Kier alpha value is -2.60. The Morgan fingerprint density at radius 2 is 2.08 bits per heavy atom. The summed E-state index contributed by atoms with van der Waals surface area (Å²) >= 11 is 0. The number of aliphatic hydroxyl groups excluding tert-OH is 1. The van der Waals surface area contributed by atoms with Crippen LogP contribution < -0.4 is 10.1 Å². The van der Waals surface area contributed by atoms with Gasteiger partial charge in [0, 0.05) is 23.4 Å². The fourth-order valence-electron chi connectivity index (χ4n) is 3.16. The van der Waals surface area contributed by atoms with Gasteiger partial charge >= 0.3 is 0 Å². The van der Waals surface area contributed by atoms with Gasteiger partial charge in [0.25, 0.3) is 5.91 Å². The molecule has 1 atom stereocenters. The molecule has 0 bridgehead atoms. The standard InChI is InChI=1S/C19H22N2O4/c1-11-15(4-3-5-16(11)23)19(24)21-18(13-8-14(22)9-13)12-6-7-17(25-2)20-10-12/h3-7,10,13-14,18,22-23H,8-9H2,1-2H3,(H,21,24)/t13?,14?,18-/m0/s1. The number of carbonyl (C=O) groups excluding carboxylic acids is 1. The fourth-order valence-corrected chi connectivity index (χ4v) is 3.16. The molecular formula is C19H22N2O4. The molecule has 0 unspecified atom stereocenters. The highest BCUT2D eigenvalue weighted by atomic mass is 16.5. The lowest BCUT2D eigenvalue weighted by Gasteiger charge is -2.38. The van der Waals surface area contributed by atoms with Crippen molar-refractivity contribution in [3.8, 4) is 11.6 Å². The van der Waals surface area contributed by atoms with Gasteiger partial charge in [-0.05, 0) is 43.4 Å². The van der Waals surface area contributed by atoms with Gasteiger partial charge < -0.3 is 20.3 Å². The van der Waals surface area contributed by atoms with Crippen molar-refractivity contribution in [1.29, 1.82) is 0 Å². The SMILES string of the molecule is COc1ccc([C@H](NC(=O)c2cccc(O)c2C)C2CC(O)C2)cn1. The van der Waals surface area contributed by atoms with Gasteiger partial charge in [0.05, 0.1) is 19.3 Å². The van der Waals surface area contributed by atoms with Gasteiger partial charge in [-0.25, -0.2) is 4.98 Å². The van der Waals surface area contributed by atoms with Crippen molar-refractivity contribution in [1.82, 2.24) is 10.3 Å². The number of rotatable bonds is 5. The molecule has 1 saturated carbocycles. The number of aromatic nitrogens is 1. The molecule has 1 heterocycles. The number of hydrogen-bond acceptors (Lipinski definition) is 5. The van der Waals surface area contributed by atoms with Crippen LogP contribution in [0.25, 0.3) is 0 Å². The number of phenolic OH excluding ortho intramolecular Hbond substituents is 1. The molecule has 0 aliphatic heterocycles. The number of phenols is 1. The first-order valence-corrected chi connectivity index (χ1v) is 8.27. The number of nitrogens with zero attached hydrogens (tertiary/aromatic N) is 1. The summed E-state index contributed by atoms with van der Waals surface area (Å²) in [4.78, 5) is 16.9.